The molecule has 6 N–H and O–H groups in total. The number of alkyl carbamates (subject to hydrolysis) is 2. The molecule has 0 aromatic carbocycles. The lowest BCUT2D eigenvalue weighted by Gasteiger charge is -2.35. The van der Waals surface area contributed by atoms with Gasteiger partial charge in [-0.25, -0.2) is 9.59 Å². The Balaban J connectivity index is 0.000000269. The van der Waals surface area contributed by atoms with Gasteiger partial charge in [0.1, 0.15) is 34.7 Å². The molecule has 2 saturated carbocycles. The molecular formula is C41H68N6O12P2. The maximum absolute atomic E-state index is 13.4. The number of hydrogen-bond donors (Lipinski definition) is 6. The van der Waals surface area contributed by atoms with Gasteiger partial charge in [0.15, 0.2) is 0 Å². The standard InChI is InChI=1S/C21H34N3O6P.C20H34N3O6P/c1-14-11-17-18(25)23-21(31(3,28)29)12-15(21)9-7-5-4-6-8-10-16(22-20(27)30-2)19(26)24(17)13-14;1-8-13-10-20(13,30(7,27)28)22-16(24)14-9-12(2)11-23(14)17(25)15(19(3,4)5)21-18(26)29-6/h7,9,14-17H,4-6,8,10-13H2,1-3H3,(H,22,27)(H,23,25)(H,28,29);8,12-15H,1,9-11H2,2-7H3,(H,21,26)(H,22,24)(H,27,28)/b9-7-;. The van der Waals surface area contributed by atoms with Gasteiger partial charge in [0, 0.05) is 38.3 Å². The molecule has 0 aromatic heterocycles. The zero-order valence-electron chi connectivity index (χ0n) is 37.1. The first-order valence-electron chi connectivity index (χ1n) is 21.1. The van der Waals surface area contributed by atoms with Crippen molar-refractivity contribution in [2.75, 3.05) is 40.6 Å². The molecule has 5 rings (SSSR count). The highest BCUT2D eigenvalue weighted by Gasteiger charge is 2.65. The number of carbonyl (C=O) groups is 6. The first-order valence-corrected chi connectivity index (χ1v) is 25.3. The summed E-state index contributed by atoms with van der Waals surface area (Å²) in [5.74, 6) is -1.86. The first kappa shape index (κ1) is 49.9. The summed E-state index contributed by atoms with van der Waals surface area (Å²) in [4.78, 5) is 100. The Morgan fingerprint density at radius 3 is 2.16 bits per heavy atom. The number of amides is 6. The first-order chi connectivity index (χ1) is 28.3. The molecule has 2 aliphatic carbocycles. The lowest BCUT2D eigenvalue weighted by molar-refractivity contribution is -0.142. The van der Waals surface area contributed by atoms with Gasteiger partial charge in [-0.05, 0) is 62.2 Å². The second-order valence-corrected chi connectivity index (χ2v) is 23.9. The lowest BCUT2D eigenvalue weighted by atomic mass is 9.85. The average Bonchev–Trinajstić information content (AvgIpc) is 3.97. The van der Waals surface area contributed by atoms with Gasteiger partial charge in [-0.2, -0.15) is 0 Å². The van der Waals surface area contributed by atoms with E-state index in [0.717, 1.165) is 25.7 Å². The van der Waals surface area contributed by atoms with Gasteiger partial charge in [-0.1, -0.05) is 65.7 Å². The molecule has 2 saturated heterocycles. The molecule has 0 radical (unpaired) electrons. The molecule has 12 unspecified atom stereocenters. The van der Waals surface area contributed by atoms with Crippen LogP contribution in [-0.2, 0) is 37.8 Å². The van der Waals surface area contributed by atoms with Gasteiger partial charge in [0.2, 0.25) is 38.4 Å². The van der Waals surface area contributed by atoms with E-state index < -0.39 is 78.9 Å². The van der Waals surface area contributed by atoms with Crippen molar-refractivity contribution >= 4 is 50.6 Å². The summed E-state index contributed by atoms with van der Waals surface area (Å²) in [5.41, 5.74) is -0.617. The van der Waals surface area contributed by atoms with Gasteiger partial charge in [-0.15, -0.1) is 6.58 Å². The third-order valence-corrected chi connectivity index (χ3v) is 16.9. The molecule has 61 heavy (non-hydrogen) atoms. The predicted molar refractivity (Wildman–Crippen MR) is 229 cm³/mol. The molecule has 20 heteroatoms. The molecule has 344 valence electrons. The molecule has 5 aliphatic rings. The van der Waals surface area contributed by atoms with Gasteiger partial charge in [0.05, 0.1) is 14.2 Å². The molecule has 4 fully saturated rings. The van der Waals surface area contributed by atoms with E-state index in [4.69, 9.17) is 0 Å². The van der Waals surface area contributed by atoms with E-state index >= 15 is 0 Å². The Labute approximate surface area is 359 Å². The number of carbonyl (C=O) groups excluding carboxylic acids is 6. The number of rotatable bonds is 8. The molecule has 3 aliphatic heterocycles. The molecule has 0 aromatic rings. The summed E-state index contributed by atoms with van der Waals surface area (Å²) in [6.45, 7) is 16.3. The Morgan fingerprint density at radius 1 is 0.967 bits per heavy atom. The summed E-state index contributed by atoms with van der Waals surface area (Å²) < 4.78 is 34.4. The summed E-state index contributed by atoms with van der Waals surface area (Å²) in [6, 6.07) is -3.18. The van der Waals surface area contributed by atoms with E-state index in [1.807, 2.05) is 46.8 Å². The van der Waals surface area contributed by atoms with Crippen molar-refractivity contribution in [2.45, 2.75) is 127 Å². The Morgan fingerprint density at radius 2 is 1.61 bits per heavy atom. The molecule has 12 atom stereocenters. The van der Waals surface area contributed by atoms with Crippen LogP contribution in [0.1, 0.15) is 92.4 Å². The van der Waals surface area contributed by atoms with Crippen LogP contribution in [0.25, 0.3) is 0 Å². The van der Waals surface area contributed by atoms with E-state index in [2.05, 4.69) is 37.3 Å². The SMILES string of the molecule is C=CC1CC1(NC(=O)C1CC(C)CN1C(=O)C(NC(=O)OC)C(C)(C)C)P(C)(=O)O.COC(=O)NC1CCCCC/C=C\C2CC2(P(C)(=O)O)NC(=O)C2CC(C)CN2C1=O. The summed E-state index contributed by atoms with van der Waals surface area (Å²) in [7, 11) is -4.78. The van der Waals surface area contributed by atoms with E-state index in [-0.39, 0.29) is 35.5 Å². The van der Waals surface area contributed by atoms with E-state index in [1.54, 1.807) is 6.08 Å². The smallest absolute Gasteiger partial charge is 0.407 e. The van der Waals surface area contributed by atoms with Crippen molar-refractivity contribution in [3.63, 3.8) is 0 Å². The fraction of sp³-hybridized carbons (Fsp3) is 0.756. The Bertz CT molecular complexity index is 1830. The number of methoxy groups -OCH3 is 2. The van der Waals surface area contributed by atoms with Gasteiger partial charge < -0.3 is 50.3 Å². The number of nitrogens with one attached hydrogen (secondary N) is 4. The van der Waals surface area contributed by atoms with Gasteiger partial charge in [-0.3, -0.25) is 28.3 Å². The van der Waals surface area contributed by atoms with Crippen LogP contribution in [0.4, 0.5) is 9.59 Å². The number of ether oxygens (including phenoxy) is 2. The van der Waals surface area contributed by atoms with Crippen LogP contribution in [-0.4, -0.2) is 131 Å². The van der Waals surface area contributed by atoms with Crippen molar-refractivity contribution < 1.29 is 57.2 Å². The normalized spacial score (nSPS) is 34.3. The molecule has 3 heterocycles. The maximum atomic E-state index is 13.4. The minimum Gasteiger partial charge on any atom is -0.453 e. The Hall–Kier alpha value is -3.72. The van der Waals surface area contributed by atoms with Crippen LogP contribution >= 0.6 is 14.7 Å². The third-order valence-electron chi connectivity index (χ3n) is 12.7. The Kier molecular flexibility index (Phi) is 15.8. The monoisotopic (exact) mass is 898 g/mol. The fourth-order valence-corrected chi connectivity index (χ4v) is 12.0. The molecule has 0 spiro atoms. The van der Waals surface area contributed by atoms with Crippen LogP contribution in [0, 0.1) is 29.1 Å². The van der Waals surface area contributed by atoms with Crippen LogP contribution in [0.15, 0.2) is 24.8 Å². The summed E-state index contributed by atoms with van der Waals surface area (Å²) in [5, 5.41) is 8.42. The average molecular weight is 899 g/mol. The highest BCUT2D eigenvalue weighted by atomic mass is 31.2. The quantitative estimate of drug-likeness (QED) is 0.149. The number of nitrogens with zero attached hydrogens (tertiary/aromatic N) is 2. The van der Waals surface area contributed by atoms with Crippen LogP contribution in [0.2, 0.25) is 0 Å². The predicted octanol–water partition coefficient (Wildman–Crippen LogP) is 4.11. The second-order valence-electron chi connectivity index (χ2n) is 18.8. The zero-order chi connectivity index (χ0) is 45.9. The van der Waals surface area contributed by atoms with Gasteiger partial charge >= 0.3 is 12.2 Å². The number of hydrogen-bond acceptors (Lipinski definition) is 10. The summed E-state index contributed by atoms with van der Waals surface area (Å²) >= 11 is 0. The molecule has 0 bridgehead atoms. The molecular weight excluding hydrogens is 830 g/mol. The largest absolute Gasteiger partial charge is 0.453 e. The van der Waals surface area contributed by atoms with Crippen LogP contribution < -0.4 is 21.3 Å². The summed E-state index contributed by atoms with van der Waals surface area (Å²) in [6.07, 6.45) is 9.60. The van der Waals surface area contributed by atoms with Crippen molar-refractivity contribution in [1.29, 1.82) is 0 Å². The van der Waals surface area contributed by atoms with Crippen LogP contribution in [0.5, 0.6) is 0 Å². The van der Waals surface area contributed by atoms with E-state index in [9.17, 15) is 47.7 Å². The molecule has 6 amide bonds. The van der Waals surface area contributed by atoms with Gasteiger partial charge in [0.25, 0.3) is 0 Å². The fourth-order valence-electron chi connectivity index (χ4n) is 8.87. The minimum atomic E-state index is -3.63. The number of likely N-dealkylation sites (tertiary alicyclic amines) is 1. The number of allylic oxidation sites excluding steroid dienone is 1. The second kappa shape index (κ2) is 19.3. The van der Waals surface area contributed by atoms with E-state index in [1.165, 1.54) is 37.3 Å². The van der Waals surface area contributed by atoms with E-state index in [0.29, 0.717) is 45.2 Å². The highest BCUT2D eigenvalue weighted by Crippen LogP contribution is 2.68. The maximum Gasteiger partial charge on any atom is 0.407 e. The minimum absolute atomic E-state index is 0.0661. The molecule has 18 nitrogen and oxygen atoms in total. The van der Waals surface area contributed by atoms with Crippen LogP contribution in [0.3, 0.4) is 0 Å². The van der Waals surface area contributed by atoms with Crippen molar-refractivity contribution in [3.05, 3.63) is 24.8 Å². The van der Waals surface area contributed by atoms with Crippen molar-refractivity contribution in [3.8, 4) is 0 Å². The third kappa shape index (κ3) is 11.5. The lowest BCUT2D eigenvalue weighted by Crippen LogP contribution is -2.58. The van der Waals surface area contributed by atoms with Crippen molar-refractivity contribution in [1.82, 2.24) is 31.1 Å². The highest BCUT2D eigenvalue weighted by molar-refractivity contribution is 7.59. The number of fused-ring (bicyclic) bond motifs is 2. The van der Waals surface area contributed by atoms with Crippen molar-refractivity contribution in [2.24, 2.45) is 29.1 Å². The zero-order valence-corrected chi connectivity index (χ0v) is 38.9. The topological polar surface area (TPSA) is 250 Å².